The number of nitrogens with zero attached hydrogens (tertiary/aromatic N) is 1. The van der Waals surface area contributed by atoms with E-state index in [1.807, 2.05) is 0 Å². The number of hydrogen-bond acceptors (Lipinski definition) is 1. The Bertz CT molecular complexity index is 774. The molecule has 3 saturated carbocycles. The van der Waals surface area contributed by atoms with Crippen LogP contribution in [0.5, 0.6) is 0 Å². The normalized spacial score (nSPS) is 41.7. The smallest absolute Gasteiger partial charge is 0.222 e. The first kappa shape index (κ1) is 20.6. The maximum Gasteiger partial charge on any atom is 0.222 e. The van der Waals surface area contributed by atoms with Gasteiger partial charge in [0.2, 0.25) is 5.91 Å². The van der Waals surface area contributed by atoms with E-state index in [0.29, 0.717) is 28.7 Å². The molecule has 0 bridgehead atoms. The van der Waals surface area contributed by atoms with Gasteiger partial charge < -0.3 is 4.90 Å². The Labute approximate surface area is 183 Å². The molecule has 1 aromatic carbocycles. The summed E-state index contributed by atoms with van der Waals surface area (Å²) in [5, 5.41) is 0. The zero-order chi connectivity index (χ0) is 20.9. The Morgan fingerprint density at radius 2 is 1.80 bits per heavy atom. The maximum absolute atomic E-state index is 13.1. The van der Waals surface area contributed by atoms with E-state index in [0.717, 1.165) is 43.6 Å². The summed E-state index contributed by atoms with van der Waals surface area (Å²) in [5.41, 5.74) is 2.37. The molecule has 0 spiro atoms. The number of carbonyl (C=O) groups excluding carboxylic acids is 1. The van der Waals surface area contributed by atoms with Crippen LogP contribution in [0, 0.1) is 28.6 Å². The predicted octanol–water partition coefficient (Wildman–Crippen LogP) is 6.80. The van der Waals surface area contributed by atoms with Gasteiger partial charge in [0.05, 0.1) is 0 Å². The highest BCUT2D eigenvalue weighted by Gasteiger charge is 2.59. The highest BCUT2D eigenvalue weighted by atomic mass is 16.2. The van der Waals surface area contributed by atoms with Crippen molar-refractivity contribution in [2.45, 2.75) is 96.9 Å². The summed E-state index contributed by atoms with van der Waals surface area (Å²) < 4.78 is 0. The summed E-state index contributed by atoms with van der Waals surface area (Å²) in [7, 11) is 0. The predicted molar refractivity (Wildman–Crippen MR) is 123 cm³/mol. The number of amides is 1. The second-order valence-electron chi connectivity index (χ2n) is 11.7. The molecule has 5 rings (SSSR count). The van der Waals surface area contributed by atoms with Crippen molar-refractivity contribution in [1.82, 2.24) is 4.90 Å². The fourth-order valence-corrected chi connectivity index (χ4v) is 8.55. The molecule has 7 atom stereocenters. The Morgan fingerprint density at radius 1 is 1.00 bits per heavy atom. The van der Waals surface area contributed by atoms with Crippen LogP contribution in [0.2, 0.25) is 0 Å². The lowest BCUT2D eigenvalue weighted by atomic mass is 9.47. The van der Waals surface area contributed by atoms with Crippen molar-refractivity contribution < 1.29 is 4.79 Å². The van der Waals surface area contributed by atoms with E-state index in [-0.39, 0.29) is 0 Å². The zero-order valence-corrected chi connectivity index (χ0v) is 19.4. The molecule has 4 fully saturated rings. The van der Waals surface area contributed by atoms with Gasteiger partial charge in [-0.1, -0.05) is 57.5 Å². The van der Waals surface area contributed by atoms with Gasteiger partial charge in [-0.3, -0.25) is 4.79 Å². The van der Waals surface area contributed by atoms with Gasteiger partial charge in [-0.2, -0.15) is 0 Å². The number of piperidine rings is 1. The minimum absolute atomic E-state index is 0.344. The second kappa shape index (κ2) is 7.68. The van der Waals surface area contributed by atoms with Crippen molar-refractivity contribution >= 4 is 5.91 Å². The number of rotatable bonds is 4. The number of fused-ring (bicyclic) bond motifs is 5. The van der Waals surface area contributed by atoms with Crippen molar-refractivity contribution in [3.05, 3.63) is 35.9 Å². The molecule has 0 radical (unpaired) electrons. The molecule has 1 heterocycles. The van der Waals surface area contributed by atoms with Crippen LogP contribution < -0.4 is 0 Å². The van der Waals surface area contributed by atoms with E-state index >= 15 is 0 Å². The molecule has 2 heteroatoms. The quantitative estimate of drug-likeness (QED) is 0.537. The van der Waals surface area contributed by atoms with E-state index in [4.69, 9.17) is 0 Å². The third kappa shape index (κ3) is 3.24. The summed E-state index contributed by atoms with van der Waals surface area (Å²) >= 11 is 0. The number of carbonyl (C=O) groups is 1. The average Bonchev–Trinajstić information content (AvgIpc) is 3.16. The summed E-state index contributed by atoms with van der Waals surface area (Å²) in [5.74, 6) is 3.66. The van der Waals surface area contributed by atoms with Crippen molar-refractivity contribution in [1.29, 1.82) is 0 Å². The van der Waals surface area contributed by atoms with Crippen LogP contribution in [0.25, 0.3) is 0 Å². The molecule has 1 aromatic rings. The molecule has 1 saturated heterocycles. The average molecular weight is 408 g/mol. The molecular formula is C28H41NO. The van der Waals surface area contributed by atoms with Crippen LogP contribution in [0.1, 0.15) is 96.5 Å². The van der Waals surface area contributed by atoms with Crippen molar-refractivity contribution in [2.75, 3.05) is 6.54 Å². The first-order chi connectivity index (χ1) is 14.4. The Kier molecular flexibility index (Phi) is 5.27. The van der Waals surface area contributed by atoms with Crippen molar-refractivity contribution in [3.63, 3.8) is 0 Å². The SMILES string of the molecule is CC(CCN1C(=O)CC[C@@]2(C)C1CC[C@@H]1[C@H]2CC[C@]2(C)CCC[C@@H]12)c1ccccc1. The second-order valence-corrected chi connectivity index (χ2v) is 11.7. The largest absolute Gasteiger partial charge is 0.339 e. The van der Waals surface area contributed by atoms with Crippen LogP contribution in [-0.2, 0) is 4.79 Å². The summed E-state index contributed by atoms with van der Waals surface area (Å²) in [6.07, 6.45) is 12.8. The minimum atomic E-state index is 0.344. The number of hydrogen-bond donors (Lipinski definition) is 0. The monoisotopic (exact) mass is 407 g/mol. The molecule has 3 aliphatic carbocycles. The third-order valence-corrected chi connectivity index (χ3v) is 10.3. The highest BCUT2D eigenvalue weighted by Crippen LogP contribution is 2.64. The lowest BCUT2D eigenvalue weighted by molar-refractivity contribution is -0.160. The fourth-order valence-electron chi connectivity index (χ4n) is 8.55. The summed E-state index contributed by atoms with van der Waals surface area (Å²) in [6.45, 7) is 8.43. The van der Waals surface area contributed by atoms with Crippen LogP contribution in [-0.4, -0.2) is 23.4 Å². The van der Waals surface area contributed by atoms with Crippen LogP contribution in [0.4, 0.5) is 0 Å². The first-order valence-corrected chi connectivity index (χ1v) is 12.8. The molecule has 2 unspecified atom stereocenters. The lowest BCUT2D eigenvalue weighted by Crippen LogP contribution is -2.62. The molecule has 2 nitrogen and oxygen atoms in total. The third-order valence-electron chi connectivity index (χ3n) is 10.3. The Hall–Kier alpha value is -1.31. The minimum Gasteiger partial charge on any atom is -0.339 e. The standard InChI is InChI=1S/C28H41NO/c1-20(21-8-5-4-6-9-21)15-19-29-25-12-11-22-23-10-7-16-27(23,2)17-13-24(22)28(25,3)18-14-26(29)30/h4-6,8-9,20,22-25H,7,10-19H2,1-3H3/t20?,22-,23-,24+,25?,27-,28+/m0/s1. The van der Waals surface area contributed by atoms with Gasteiger partial charge in [0.15, 0.2) is 0 Å². The number of likely N-dealkylation sites (tertiary alicyclic amines) is 1. The van der Waals surface area contributed by atoms with Gasteiger partial charge in [-0.25, -0.2) is 0 Å². The molecule has 1 aliphatic heterocycles. The fraction of sp³-hybridized carbons (Fsp3) is 0.750. The van der Waals surface area contributed by atoms with Gasteiger partial charge in [0.25, 0.3) is 0 Å². The van der Waals surface area contributed by atoms with Gasteiger partial charge >= 0.3 is 0 Å². The van der Waals surface area contributed by atoms with Crippen LogP contribution >= 0.6 is 0 Å². The maximum atomic E-state index is 13.1. The Balaban J connectivity index is 1.33. The zero-order valence-electron chi connectivity index (χ0n) is 19.4. The molecule has 0 N–H and O–H groups in total. The summed E-state index contributed by atoms with van der Waals surface area (Å²) in [4.78, 5) is 15.4. The van der Waals surface area contributed by atoms with Gasteiger partial charge in [0.1, 0.15) is 0 Å². The van der Waals surface area contributed by atoms with E-state index in [2.05, 4.69) is 56.0 Å². The van der Waals surface area contributed by atoms with E-state index < -0.39 is 0 Å². The first-order valence-electron chi connectivity index (χ1n) is 12.8. The van der Waals surface area contributed by atoms with Gasteiger partial charge in [-0.15, -0.1) is 0 Å². The van der Waals surface area contributed by atoms with Crippen molar-refractivity contribution in [2.24, 2.45) is 28.6 Å². The van der Waals surface area contributed by atoms with E-state index in [9.17, 15) is 4.79 Å². The van der Waals surface area contributed by atoms with Crippen LogP contribution in [0.3, 0.4) is 0 Å². The Morgan fingerprint density at radius 3 is 2.60 bits per heavy atom. The molecule has 164 valence electrons. The summed E-state index contributed by atoms with van der Waals surface area (Å²) in [6, 6.07) is 11.3. The molecule has 30 heavy (non-hydrogen) atoms. The van der Waals surface area contributed by atoms with Crippen LogP contribution in [0.15, 0.2) is 30.3 Å². The van der Waals surface area contributed by atoms with Gasteiger partial charge in [0, 0.05) is 19.0 Å². The van der Waals surface area contributed by atoms with Gasteiger partial charge in [-0.05, 0) is 91.4 Å². The topological polar surface area (TPSA) is 20.3 Å². The number of benzene rings is 1. The highest BCUT2D eigenvalue weighted by molar-refractivity contribution is 5.77. The van der Waals surface area contributed by atoms with E-state index in [1.165, 1.54) is 50.5 Å². The molecule has 4 aliphatic rings. The van der Waals surface area contributed by atoms with E-state index in [1.54, 1.807) is 0 Å². The lowest BCUT2D eigenvalue weighted by Gasteiger charge is -2.62. The molecule has 1 amide bonds. The molecule has 0 aromatic heterocycles. The molecular weight excluding hydrogens is 366 g/mol. The van der Waals surface area contributed by atoms with Crippen molar-refractivity contribution in [3.8, 4) is 0 Å².